The van der Waals surface area contributed by atoms with Crippen LogP contribution in [0.25, 0.3) is 11.3 Å². The highest BCUT2D eigenvalue weighted by molar-refractivity contribution is 7.92. The van der Waals surface area contributed by atoms with E-state index in [-0.39, 0.29) is 28.6 Å². The van der Waals surface area contributed by atoms with Gasteiger partial charge < -0.3 is 9.26 Å². The van der Waals surface area contributed by atoms with Crippen LogP contribution >= 0.6 is 0 Å². The SMILES string of the molecule is COc1ccc(-c2ccno2)cc1S(=O)(=O)N[C@H]1CCS(=O)(=O)C1. The molecule has 10 heteroatoms. The van der Waals surface area contributed by atoms with E-state index in [1.54, 1.807) is 12.1 Å². The van der Waals surface area contributed by atoms with Crippen molar-refractivity contribution in [3.05, 3.63) is 30.5 Å². The maximum atomic E-state index is 12.7. The number of sulfonamides is 1. The van der Waals surface area contributed by atoms with E-state index >= 15 is 0 Å². The Balaban J connectivity index is 1.95. The van der Waals surface area contributed by atoms with Gasteiger partial charge in [-0.25, -0.2) is 21.6 Å². The molecule has 0 aliphatic carbocycles. The van der Waals surface area contributed by atoms with Crippen LogP contribution in [0.4, 0.5) is 0 Å². The van der Waals surface area contributed by atoms with Crippen molar-refractivity contribution in [1.29, 1.82) is 0 Å². The van der Waals surface area contributed by atoms with E-state index in [4.69, 9.17) is 9.26 Å². The Hall–Kier alpha value is -1.91. The third kappa shape index (κ3) is 3.45. The molecule has 1 aromatic heterocycles. The molecule has 1 atom stereocenters. The summed E-state index contributed by atoms with van der Waals surface area (Å²) in [5.41, 5.74) is 0.521. The van der Waals surface area contributed by atoms with Crippen LogP contribution in [-0.2, 0) is 19.9 Å². The van der Waals surface area contributed by atoms with Crippen molar-refractivity contribution in [2.24, 2.45) is 0 Å². The van der Waals surface area contributed by atoms with Gasteiger partial charge in [-0.15, -0.1) is 0 Å². The van der Waals surface area contributed by atoms with Gasteiger partial charge >= 0.3 is 0 Å². The van der Waals surface area contributed by atoms with Crippen molar-refractivity contribution < 1.29 is 26.1 Å². The predicted molar refractivity (Wildman–Crippen MR) is 85.9 cm³/mol. The highest BCUT2D eigenvalue weighted by Crippen LogP contribution is 2.30. The zero-order valence-electron chi connectivity index (χ0n) is 12.8. The molecule has 24 heavy (non-hydrogen) atoms. The van der Waals surface area contributed by atoms with Crippen LogP contribution < -0.4 is 9.46 Å². The number of methoxy groups -OCH3 is 1. The van der Waals surface area contributed by atoms with E-state index in [2.05, 4.69) is 9.88 Å². The van der Waals surface area contributed by atoms with Crippen molar-refractivity contribution in [1.82, 2.24) is 9.88 Å². The van der Waals surface area contributed by atoms with Gasteiger partial charge in [0.25, 0.3) is 0 Å². The summed E-state index contributed by atoms with van der Waals surface area (Å²) in [4.78, 5) is -0.0804. The lowest BCUT2D eigenvalue weighted by Crippen LogP contribution is -2.35. The average molecular weight is 372 g/mol. The Morgan fingerprint density at radius 3 is 2.71 bits per heavy atom. The lowest BCUT2D eigenvalue weighted by Gasteiger charge is -2.14. The van der Waals surface area contributed by atoms with E-state index in [1.807, 2.05) is 0 Å². The summed E-state index contributed by atoms with van der Waals surface area (Å²) < 4.78 is 61.0. The number of ether oxygens (including phenoxy) is 1. The molecule has 0 amide bonds. The molecule has 1 aliphatic rings. The minimum atomic E-state index is -3.95. The van der Waals surface area contributed by atoms with E-state index in [9.17, 15) is 16.8 Å². The van der Waals surface area contributed by atoms with Gasteiger partial charge in [0.05, 0.1) is 24.8 Å². The molecule has 0 bridgehead atoms. The molecule has 130 valence electrons. The molecule has 8 nitrogen and oxygen atoms in total. The third-order valence-electron chi connectivity index (χ3n) is 3.73. The first-order chi connectivity index (χ1) is 11.3. The number of aromatic nitrogens is 1. The van der Waals surface area contributed by atoms with Gasteiger partial charge in [-0.3, -0.25) is 0 Å². The van der Waals surface area contributed by atoms with Gasteiger partial charge in [-0.1, -0.05) is 5.16 Å². The molecule has 1 fully saturated rings. The Kier molecular flexibility index (Phi) is 4.37. The summed E-state index contributed by atoms with van der Waals surface area (Å²) in [5, 5.41) is 3.59. The van der Waals surface area contributed by atoms with Crippen molar-refractivity contribution in [2.45, 2.75) is 17.4 Å². The third-order valence-corrected chi connectivity index (χ3v) is 7.04. The van der Waals surface area contributed by atoms with Gasteiger partial charge in [0, 0.05) is 17.7 Å². The summed E-state index contributed by atoms with van der Waals surface area (Å²) in [5.74, 6) is 0.357. The van der Waals surface area contributed by atoms with Crippen molar-refractivity contribution in [3.8, 4) is 17.1 Å². The number of nitrogens with zero attached hydrogens (tertiary/aromatic N) is 1. The molecule has 3 rings (SSSR count). The van der Waals surface area contributed by atoms with Gasteiger partial charge in [0.15, 0.2) is 15.6 Å². The second kappa shape index (κ2) is 6.19. The van der Waals surface area contributed by atoms with E-state index in [0.717, 1.165) is 0 Å². The number of hydrogen-bond acceptors (Lipinski definition) is 7. The van der Waals surface area contributed by atoms with Gasteiger partial charge in [0.1, 0.15) is 10.6 Å². The minimum absolute atomic E-state index is 0.0184. The van der Waals surface area contributed by atoms with Crippen LogP contribution in [-0.4, -0.2) is 46.6 Å². The summed E-state index contributed by atoms with van der Waals surface area (Å²) in [6.45, 7) is 0. The van der Waals surface area contributed by atoms with E-state index in [1.165, 1.54) is 25.4 Å². The van der Waals surface area contributed by atoms with Gasteiger partial charge in [-0.2, -0.15) is 0 Å². The maximum absolute atomic E-state index is 12.7. The molecular weight excluding hydrogens is 356 g/mol. The molecule has 1 saturated heterocycles. The van der Waals surface area contributed by atoms with Crippen LogP contribution in [0.3, 0.4) is 0 Å². The predicted octanol–water partition coefficient (Wildman–Crippen LogP) is 0.816. The molecule has 1 N–H and O–H groups in total. The molecule has 0 spiro atoms. The molecular formula is C14H16N2O6S2. The van der Waals surface area contributed by atoms with Gasteiger partial charge in [-0.05, 0) is 24.6 Å². The first kappa shape index (κ1) is 16.9. The monoisotopic (exact) mass is 372 g/mol. The number of sulfone groups is 1. The Labute approximate surface area is 139 Å². The average Bonchev–Trinajstić information content (AvgIpc) is 3.16. The Morgan fingerprint density at radius 2 is 2.12 bits per heavy atom. The summed E-state index contributed by atoms with van der Waals surface area (Å²) in [7, 11) is -5.78. The standard InChI is InChI=1S/C14H16N2O6S2/c1-21-13-3-2-10(12-4-6-15-22-12)8-14(13)24(19,20)16-11-5-7-23(17,18)9-11/h2-4,6,8,11,16H,5,7,9H2,1H3/t11-/m0/s1. The van der Waals surface area contributed by atoms with Crippen LogP contribution in [0.2, 0.25) is 0 Å². The Morgan fingerprint density at radius 1 is 1.33 bits per heavy atom. The lowest BCUT2D eigenvalue weighted by molar-refractivity contribution is 0.401. The minimum Gasteiger partial charge on any atom is -0.495 e. The van der Waals surface area contributed by atoms with Crippen molar-refractivity contribution in [2.75, 3.05) is 18.6 Å². The summed E-state index contributed by atoms with van der Waals surface area (Å²) in [6, 6.07) is 5.54. The first-order valence-corrected chi connectivity index (χ1v) is 10.4. The second-order valence-electron chi connectivity index (χ2n) is 5.46. The topological polar surface area (TPSA) is 116 Å². The van der Waals surface area contributed by atoms with Crippen LogP contribution in [0, 0.1) is 0 Å². The fourth-order valence-corrected chi connectivity index (χ4v) is 5.82. The van der Waals surface area contributed by atoms with Gasteiger partial charge in [0.2, 0.25) is 10.0 Å². The van der Waals surface area contributed by atoms with Crippen molar-refractivity contribution in [3.63, 3.8) is 0 Å². The Bertz CT molecular complexity index is 936. The maximum Gasteiger partial charge on any atom is 0.244 e. The number of rotatable bonds is 5. The molecule has 1 aromatic carbocycles. The number of benzene rings is 1. The summed E-state index contributed by atoms with van der Waals surface area (Å²) >= 11 is 0. The fraction of sp³-hybridized carbons (Fsp3) is 0.357. The molecule has 2 heterocycles. The molecule has 0 unspecified atom stereocenters. The van der Waals surface area contributed by atoms with Crippen LogP contribution in [0.15, 0.2) is 39.9 Å². The summed E-state index contributed by atoms with van der Waals surface area (Å²) in [6.07, 6.45) is 1.71. The largest absolute Gasteiger partial charge is 0.495 e. The van der Waals surface area contributed by atoms with E-state index in [0.29, 0.717) is 11.3 Å². The number of nitrogens with one attached hydrogen (secondary N) is 1. The smallest absolute Gasteiger partial charge is 0.244 e. The fourth-order valence-electron chi connectivity index (χ4n) is 2.58. The zero-order chi connectivity index (χ0) is 17.4. The van der Waals surface area contributed by atoms with Crippen molar-refractivity contribution >= 4 is 19.9 Å². The number of hydrogen-bond donors (Lipinski definition) is 1. The normalized spacial score (nSPS) is 20.1. The molecule has 0 radical (unpaired) electrons. The second-order valence-corrected chi connectivity index (χ2v) is 9.37. The first-order valence-electron chi connectivity index (χ1n) is 7.12. The lowest BCUT2D eigenvalue weighted by atomic mass is 10.2. The quantitative estimate of drug-likeness (QED) is 0.826. The molecule has 0 saturated carbocycles. The highest BCUT2D eigenvalue weighted by atomic mass is 32.2. The van der Waals surface area contributed by atoms with E-state index < -0.39 is 25.9 Å². The molecule has 1 aliphatic heterocycles. The molecule has 2 aromatic rings. The highest BCUT2D eigenvalue weighted by Gasteiger charge is 2.32. The zero-order valence-corrected chi connectivity index (χ0v) is 14.4. The van der Waals surface area contributed by atoms with Crippen LogP contribution in [0.1, 0.15) is 6.42 Å². The van der Waals surface area contributed by atoms with Crippen LogP contribution in [0.5, 0.6) is 5.75 Å².